The Hall–Kier alpha value is -0.130. The van der Waals surface area contributed by atoms with Gasteiger partial charge in [-0.05, 0) is 38.3 Å². The Morgan fingerprint density at radius 3 is 2.83 bits per heavy atom. The summed E-state index contributed by atoms with van der Waals surface area (Å²) in [6.45, 7) is 3.23. The van der Waals surface area contributed by atoms with Crippen LogP contribution in [0.3, 0.4) is 0 Å². The molecule has 0 fully saturated rings. The molecule has 1 atom stereocenters. The summed E-state index contributed by atoms with van der Waals surface area (Å²) in [5.74, 6) is 3.92. The highest BCUT2D eigenvalue weighted by Gasteiger charge is 1.96. The van der Waals surface area contributed by atoms with Gasteiger partial charge in [-0.15, -0.1) is 12.3 Å². The van der Waals surface area contributed by atoms with Crippen LogP contribution in [0.5, 0.6) is 0 Å². The molecule has 0 saturated heterocycles. The summed E-state index contributed by atoms with van der Waals surface area (Å²) in [6, 6.07) is 0.476. The van der Waals surface area contributed by atoms with Gasteiger partial charge in [-0.3, -0.25) is 0 Å². The fraction of sp³-hybridized carbons (Fsp3) is 0.800. The van der Waals surface area contributed by atoms with Crippen molar-refractivity contribution in [2.24, 2.45) is 0 Å². The lowest BCUT2D eigenvalue weighted by molar-refractivity contribution is 0.544. The molecule has 1 nitrogen and oxygen atoms in total. The van der Waals surface area contributed by atoms with Gasteiger partial charge in [-0.25, -0.2) is 0 Å². The molecule has 0 aromatic carbocycles. The first-order valence-electron chi connectivity index (χ1n) is 4.47. The average molecular weight is 185 g/mol. The number of thioether (sulfide) groups is 1. The first kappa shape index (κ1) is 11.9. The van der Waals surface area contributed by atoms with E-state index >= 15 is 0 Å². The van der Waals surface area contributed by atoms with Gasteiger partial charge in [0.2, 0.25) is 0 Å². The third kappa shape index (κ3) is 7.97. The average Bonchev–Trinajstić information content (AvgIpc) is 2.05. The van der Waals surface area contributed by atoms with E-state index in [2.05, 4.69) is 24.4 Å². The smallest absolute Gasteiger partial charge is 0.0238 e. The number of hydrogen-bond acceptors (Lipinski definition) is 2. The number of terminal acetylenes is 1. The van der Waals surface area contributed by atoms with Crippen molar-refractivity contribution in [3.8, 4) is 12.3 Å². The molecule has 0 heterocycles. The Morgan fingerprint density at radius 2 is 2.25 bits per heavy atom. The first-order chi connectivity index (χ1) is 5.81. The van der Waals surface area contributed by atoms with Gasteiger partial charge in [0.1, 0.15) is 0 Å². The summed E-state index contributed by atoms with van der Waals surface area (Å²) >= 11 is 1.91. The van der Waals surface area contributed by atoms with E-state index in [1.54, 1.807) is 0 Å². The Morgan fingerprint density at radius 1 is 1.50 bits per heavy atom. The fourth-order valence-corrected chi connectivity index (χ4v) is 1.46. The zero-order valence-electron chi connectivity index (χ0n) is 8.10. The zero-order chi connectivity index (χ0) is 9.23. The van der Waals surface area contributed by atoms with Crippen LogP contribution in [-0.2, 0) is 0 Å². The van der Waals surface area contributed by atoms with Crippen molar-refractivity contribution in [2.45, 2.75) is 32.2 Å². The first-order valence-corrected chi connectivity index (χ1v) is 5.86. The minimum Gasteiger partial charge on any atom is -0.313 e. The summed E-state index contributed by atoms with van der Waals surface area (Å²) in [5.41, 5.74) is 0. The van der Waals surface area contributed by atoms with Crippen LogP contribution in [0.4, 0.5) is 0 Å². The van der Waals surface area contributed by atoms with Gasteiger partial charge in [0.25, 0.3) is 0 Å². The van der Waals surface area contributed by atoms with Crippen molar-refractivity contribution >= 4 is 11.8 Å². The lowest BCUT2D eigenvalue weighted by Crippen LogP contribution is -2.26. The van der Waals surface area contributed by atoms with E-state index in [0.717, 1.165) is 13.0 Å². The second-order valence-electron chi connectivity index (χ2n) is 2.96. The largest absolute Gasteiger partial charge is 0.313 e. The van der Waals surface area contributed by atoms with Crippen LogP contribution in [0.1, 0.15) is 26.2 Å². The molecule has 0 amide bonds. The van der Waals surface area contributed by atoms with Crippen molar-refractivity contribution in [2.75, 3.05) is 18.6 Å². The monoisotopic (exact) mass is 185 g/mol. The van der Waals surface area contributed by atoms with Gasteiger partial charge in [-0.2, -0.15) is 11.8 Å². The van der Waals surface area contributed by atoms with Gasteiger partial charge >= 0.3 is 0 Å². The van der Waals surface area contributed by atoms with Crippen molar-refractivity contribution in [3.05, 3.63) is 0 Å². The highest BCUT2D eigenvalue weighted by atomic mass is 32.2. The molecule has 12 heavy (non-hydrogen) atoms. The van der Waals surface area contributed by atoms with Crippen molar-refractivity contribution in [1.29, 1.82) is 0 Å². The Balaban J connectivity index is 3.04. The van der Waals surface area contributed by atoms with Gasteiger partial charge < -0.3 is 5.32 Å². The molecule has 0 aliphatic carbocycles. The van der Waals surface area contributed by atoms with Crippen molar-refractivity contribution < 1.29 is 0 Å². The predicted molar refractivity (Wildman–Crippen MR) is 58.5 cm³/mol. The Labute approximate surface area is 80.7 Å². The van der Waals surface area contributed by atoms with E-state index in [1.807, 2.05) is 11.8 Å². The van der Waals surface area contributed by atoms with E-state index < -0.39 is 0 Å². The van der Waals surface area contributed by atoms with Crippen LogP contribution in [0.15, 0.2) is 0 Å². The van der Waals surface area contributed by atoms with Crippen molar-refractivity contribution in [1.82, 2.24) is 5.32 Å². The van der Waals surface area contributed by atoms with Crippen LogP contribution in [-0.4, -0.2) is 24.6 Å². The quantitative estimate of drug-likeness (QED) is 0.482. The minimum absolute atomic E-state index is 0.476. The maximum absolute atomic E-state index is 5.19. The van der Waals surface area contributed by atoms with E-state index in [4.69, 9.17) is 6.42 Å². The number of rotatable bonds is 7. The summed E-state index contributed by atoms with van der Waals surface area (Å²) in [4.78, 5) is 0. The van der Waals surface area contributed by atoms with Gasteiger partial charge in [0.15, 0.2) is 0 Å². The standard InChI is InChI=1S/C10H19NS/c1-4-7-10(2)11-8-5-6-9-12-3/h1,10-11H,5-9H2,2-3H3. The summed E-state index contributed by atoms with van der Waals surface area (Å²) in [6.07, 6.45) is 10.7. The number of unbranched alkanes of at least 4 members (excludes halogenated alkanes) is 1. The third-order valence-electron chi connectivity index (χ3n) is 1.69. The highest BCUT2D eigenvalue weighted by Crippen LogP contribution is 1.98. The second kappa shape index (κ2) is 8.96. The van der Waals surface area contributed by atoms with E-state index in [0.29, 0.717) is 6.04 Å². The molecule has 0 saturated carbocycles. The van der Waals surface area contributed by atoms with Crippen molar-refractivity contribution in [3.63, 3.8) is 0 Å². The number of hydrogen-bond donors (Lipinski definition) is 1. The summed E-state index contributed by atoms with van der Waals surface area (Å²) in [5, 5.41) is 3.39. The number of nitrogens with one attached hydrogen (secondary N) is 1. The summed E-state index contributed by atoms with van der Waals surface area (Å²) < 4.78 is 0. The predicted octanol–water partition coefficient (Wildman–Crippen LogP) is 2.13. The maximum Gasteiger partial charge on any atom is 0.0238 e. The molecule has 0 aliphatic rings. The molecule has 0 aromatic heterocycles. The minimum atomic E-state index is 0.476. The molecule has 1 N–H and O–H groups in total. The molecule has 0 aromatic rings. The lowest BCUT2D eigenvalue weighted by Gasteiger charge is -2.09. The van der Waals surface area contributed by atoms with Crippen LogP contribution in [0.2, 0.25) is 0 Å². The topological polar surface area (TPSA) is 12.0 Å². The fourth-order valence-electron chi connectivity index (χ4n) is 0.969. The van der Waals surface area contributed by atoms with Crippen LogP contribution < -0.4 is 5.32 Å². The molecule has 2 heteroatoms. The van der Waals surface area contributed by atoms with Gasteiger partial charge in [0.05, 0.1) is 0 Å². The molecule has 0 radical (unpaired) electrons. The Bertz CT molecular complexity index is 128. The van der Waals surface area contributed by atoms with Crippen LogP contribution >= 0.6 is 11.8 Å². The summed E-state index contributed by atoms with van der Waals surface area (Å²) in [7, 11) is 0. The molecular formula is C10H19NS. The lowest BCUT2D eigenvalue weighted by atomic mass is 10.2. The molecule has 70 valence electrons. The van der Waals surface area contributed by atoms with E-state index in [9.17, 15) is 0 Å². The Kier molecular flexibility index (Phi) is 8.86. The van der Waals surface area contributed by atoms with E-state index in [1.165, 1.54) is 18.6 Å². The third-order valence-corrected chi connectivity index (χ3v) is 2.39. The normalized spacial score (nSPS) is 12.4. The second-order valence-corrected chi connectivity index (χ2v) is 3.95. The molecular weight excluding hydrogens is 166 g/mol. The van der Waals surface area contributed by atoms with Gasteiger partial charge in [0, 0.05) is 12.5 Å². The SMILES string of the molecule is C#CCC(C)NCCCCSC. The molecule has 0 spiro atoms. The van der Waals surface area contributed by atoms with E-state index in [-0.39, 0.29) is 0 Å². The van der Waals surface area contributed by atoms with Crippen LogP contribution in [0, 0.1) is 12.3 Å². The molecule has 0 rings (SSSR count). The maximum atomic E-state index is 5.19. The zero-order valence-corrected chi connectivity index (χ0v) is 8.91. The van der Waals surface area contributed by atoms with Gasteiger partial charge in [-0.1, -0.05) is 0 Å². The van der Waals surface area contributed by atoms with Crippen LogP contribution in [0.25, 0.3) is 0 Å². The molecule has 1 unspecified atom stereocenters. The molecule has 0 aliphatic heterocycles. The highest BCUT2D eigenvalue weighted by molar-refractivity contribution is 7.98. The molecule has 0 bridgehead atoms.